The van der Waals surface area contributed by atoms with Crippen LogP contribution >= 0.6 is 0 Å². The monoisotopic (exact) mass is 405 g/mol. The third-order valence-corrected chi connectivity index (χ3v) is 6.59. The Balaban J connectivity index is 1.78. The molecule has 0 N–H and O–H groups in total. The van der Waals surface area contributed by atoms with E-state index in [4.69, 9.17) is 4.98 Å². The molecule has 0 saturated heterocycles. The second-order valence-electron chi connectivity index (χ2n) is 8.41. The van der Waals surface area contributed by atoms with Crippen molar-refractivity contribution in [2.75, 3.05) is 0 Å². The zero-order valence-electron chi connectivity index (χ0n) is 17.4. The average Bonchev–Trinajstić information content (AvgIpc) is 2.87. The van der Waals surface area contributed by atoms with Gasteiger partial charge in [0.25, 0.3) is 0 Å². The smallest absolute Gasteiger partial charge is 0.0722 e. The third kappa shape index (κ3) is 2.48. The quantitative estimate of drug-likeness (QED) is 0.197. The summed E-state index contributed by atoms with van der Waals surface area (Å²) in [4.78, 5) is 5.13. The van der Waals surface area contributed by atoms with Gasteiger partial charge in [0.2, 0.25) is 0 Å². The lowest BCUT2D eigenvalue weighted by atomic mass is 9.89. The van der Waals surface area contributed by atoms with Gasteiger partial charge in [0.15, 0.2) is 0 Å². The van der Waals surface area contributed by atoms with Gasteiger partial charge in [-0.15, -0.1) is 0 Å². The molecule has 0 aliphatic heterocycles. The first kappa shape index (κ1) is 17.5. The summed E-state index contributed by atoms with van der Waals surface area (Å²) in [6.07, 6.45) is 0. The fourth-order valence-corrected chi connectivity index (χ4v) is 5.12. The second kappa shape index (κ2) is 6.63. The highest BCUT2D eigenvalue weighted by Crippen LogP contribution is 2.42. The van der Waals surface area contributed by atoms with Crippen molar-refractivity contribution in [1.82, 2.24) is 4.98 Å². The first-order valence-corrected chi connectivity index (χ1v) is 11.0. The van der Waals surface area contributed by atoms with Gasteiger partial charge in [0.1, 0.15) is 0 Å². The zero-order valence-corrected chi connectivity index (χ0v) is 17.4. The fraction of sp³-hybridized carbons (Fsp3) is 0. The Labute approximate surface area is 185 Å². The molecule has 0 spiro atoms. The predicted molar refractivity (Wildman–Crippen MR) is 137 cm³/mol. The van der Waals surface area contributed by atoms with Gasteiger partial charge in [-0.25, -0.2) is 4.98 Å². The maximum absolute atomic E-state index is 5.13. The van der Waals surface area contributed by atoms with Crippen LogP contribution in [0.15, 0.2) is 115 Å². The second-order valence-corrected chi connectivity index (χ2v) is 8.41. The number of pyridine rings is 1. The van der Waals surface area contributed by atoms with Crippen molar-refractivity contribution in [3.05, 3.63) is 115 Å². The van der Waals surface area contributed by atoms with Crippen LogP contribution in [0.5, 0.6) is 0 Å². The van der Waals surface area contributed by atoms with Crippen molar-refractivity contribution in [2.45, 2.75) is 0 Å². The van der Waals surface area contributed by atoms with Gasteiger partial charge < -0.3 is 0 Å². The van der Waals surface area contributed by atoms with Gasteiger partial charge in [-0.1, -0.05) is 97.1 Å². The fourth-order valence-electron chi connectivity index (χ4n) is 5.12. The lowest BCUT2D eigenvalue weighted by molar-refractivity contribution is 1.51. The molecule has 7 rings (SSSR count). The van der Waals surface area contributed by atoms with Crippen LogP contribution in [0.4, 0.5) is 0 Å². The van der Waals surface area contributed by atoms with Crippen LogP contribution < -0.4 is 0 Å². The van der Waals surface area contributed by atoms with Crippen molar-refractivity contribution in [2.24, 2.45) is 0 Å². The molecule has 1 aromatic heterocycles. The highest BCUT2D eigenvalue weighted by Gasteiger charge is 2.16. The van der Waals surface area contributed by atoms with Gasteiger partial charge >= 0.3 is 0 Å². The number of benzene rings is 6. The third-order valence-electron chi connectivity index (χ3n) is 6.59. The normalized spacial score (nSPS) is 11.8. The van der Waals surface area contributed by atoms with Crippen LogP contribution in [0, 0.1) is 0 Å². The molecule has 1 nitrogen and oxygen atoms in total. The van der Waals surface area contributed by atoms with Gasteiger partial charge in [0, 0.05) is 16.3 Å². The van der Waals surface area contributed by atoms with Crippen LogP contribution in [-0.2, 0) is 0 Å². The largest absolute Gasteiger partial charge is 0.248 e. The molecule has 6 aromatic carbocycles. The summed E-state index contributed by atoms with van der Waals surface area (Å²) in [5.74, 6) is 0. The van der Waals surface area contributed by atoms with Crippen molar-refractivity contribution in [3.8, 4) is 11.1 Å². The van der Waals surface area contributed by atoms with E-state index in [2.05, 4.69) is 115 Å². The minimum Gasteiger partial charge on any atom is -0.248 e. The van der Waals surface area contributed by atoms with Gasteiger partial charge in [0.05, 0.1) is 11.0 Å². The highest BCUT2D eigenvalue weighted by atomic mass is 14.7. The molecule has 32 heavy (non-hydrogen) atoms. The summed E-state index contributed by atoms with van der Waals surface area (Å²) in [6, 6.07) is 41.4. The van der Waals surface area contributed by atoms with E-state index in [0.717, 1.165) is 11.0 Å². The summed E-state index contributed by atoms with van der Waals surface area (Å²) in [6.45, 7) is 0. The Morgan fingerprint density at radius 3 is 1.53 bits per heavy atom. The van der Waals surface area contributed by atoms with E-state index in [9.17, 15) is 0 Å². The molecule has 1 heteroatoms. The molecule has 0 aliphatic carbocycles. The molecule has 0 amide bonds. The Hall–Kier alpha value is -4.23. The number of rotatable bonds is 1. The summed E-state index contributed by atoms with van der Waals surface area (Å²) in [7, 11) is 0. The van der Waals surface area contributed by atoms with Gasteiger partial charge in [-0.05, 0) is 56.1 Å². The van der Waals surface area contributed by atoms with E-state index in [0.29, 0.717) is 0 Å². The maximum atomic E-state index is 5.13. The number of fused-ring (bicyclic) bond motifs is 7. The molecule has 148 valence electrons. The topological polar surface area (TPSA) is 12.9 Å². The van der Waals surface area contributed by atoms with Crippen molar-refractivity contribution in [3.63, 3.8) is 0 Å². The highest BCUT2D eigenvalue weighted by molar-refractivity contribution is 6.25. The van der Waals surface area contributed by atoms with Gasteiger partial charge in [-0.3, -0.25) is 0 Å². The van der Waals surface area contributed by atoms with Crippen LogP contribution in [0.2, 0.25) is 0 Å². The minimum atomic E-state index is 1.04. The Morgan fingerprint density at radius 1 is 0.406 bits per heavy atom. The van der Waals surface area contributed by atoms with Crippen molar-refractivity contribution < 1.29 is 0 Å². The summed E-state index contributed by atoms with van der Waals surface area (Å²) in [5, 5.41) is 9.93. The van der Waals surface area contributed by atoms with Crippen LogP contribution in [0.1, 0.15) is 0 Å². The number of aromatic nitrogens is 1. The Morgan fingerprint density at radius 2 is 0.906 bits per heavy atom. The Bertz CT molecular complexity index is 1730. The number of nitrogens with zero attached hydrogens (tertiary/aromatic N) is 1. The lowest BCUT2D eigenvalue weighted by Crippen LogP contribution is -1.92. The van der Waals surface area contributed by atoms with Crippen LogP contribution in [-0.4, -0.2) is 4.98 Å². The first-order valence-electron chi connectivity index (χ1n) is 11.0. The van der Waals surface area contributed by atoms with Crippen molar-refractivity contribution >= 4 is 54.1 Å². The lowest BCUT2D eigenvalue weighted by Gasteiger charge is -2.16. The Kier molecular flexibility index (Phi) is 3.62. The molecule has 0 atom stereocenters. The molecule has 1 heterocycles. The maximum Gasteiger partial charge on any atom is 0.0722 e. The molecular weight excluding hydrogens is 386 g/mol. The van der Waals surface area contributed by atoms with E-state index in [1.165, 1.54) is 54.2 Å². The van der Waals surface area contributed by atoms with E-state index < -0.39 is 0 Å². The number of hydrogen-bond donors (Lipinski definition) is 0. The summed E-state index contributed by atoms with van der Waals surface area (Å²) < 4.78 is 0. The van der Waals surface area contributed by atoms with Crippen LogP contribution in [0.25, 0.3) is 65.3 Å². The van der Waals surface area contributed by atoms with E-state index >= 15 is 0 Å². The predicted octanol–water partition coefficient (Wildman–Crippen LogP) is 8.51. The zero-order chi connectivity index (χ0) is 21.1. The van der Waals surface area contributed by atoms with E-state index in [1.807, 2.05) is 0 Å². The molecule has 7 aromatic rings. The molecule has 0 radical (unpaired) electrons. The van der Waals surface area contributed by atoms with Crippen molar-refractivity contribution in [1.29, 1.82) is 0 Å². The average molecular weight is 406 g/mol. The standard InChI is InChI=1S/C31H19N/c1-2-10-23-19-24(14-13-20(23)7-1)29-30-25-11-5-3-8-21(25)15-17-27(30)32-28-18-16-22-9-4-6-12-26(22)31(28)29/h1-19H. The molecule has 0 aliphatic rings. The SMILES string of the molecule is c1ccc2cc(-c3c4c(ccc5ccccc54)nc4ccc5ccccc5c34)ccc2c1. The molecule has 0 saturated carbocycles. The number of hydrogen-bond acceptors (Lipinski definition) is 1. The molecular formula is C31H19N. The minimum absolute atomic E-state index is 1.04. The molecule has 0 bridgehead atoms. The molecule has 0 fully saturated rings. The first-order chi connectivity index (χ1) is 15.9. The summed E-state index contributed by atoms with van der Waals surface area (Å²) in [5.41, 5.74) is 4.57. The van der Waals surface area contributed by atoms with E-state index in [1.54, 1.807) is 0 Å². The summed E-state index contributed by atoms with van der Waals surface area (Å²) >= 11 is 0. The van der Waals surface area contributed by atoms with E-state index in [-0.39, 0.29) is 0 Å². The van der Waals surface area contributed by atoms with Gasteiger partial charge in [-0.2, -0.15) is 0 Å². The molecule has 0 unspecified atom stereocenters. The van der Waals surface area contributed by atoms with Crippen LogP contribution in [0.3, 0.4) is 0 Å².